The SMILES string of the molecule is C[C@H](C(=O)OCC(=O)NNC(=O)c1ccc(Br)cc1)N1C(=O)[C@@H]2[C@H]3C[C@@H]([C@H](Br)[C@H]3Br)[C@@H]2C1=O. The molecule has 176 valence electrons. The van der Waals surface area contributed by atoms with E-state index in [1.165, 1.54) is 6.92 Å². The molecular weight excluding hydrogens is 630 g/mol. The van der Waals surface area contributed by atoms with Crippen molar-refractivity contribution in [1.29, 1.82) is 0 Å². The van der Waals surface area contributed by atoms with E-state index in [-0.39, 0.29) is 33.3 Å². The average molecular weight is 650 g/mol. The minimum Gasteiger partial charge on any atom is -0.454 e. The number of carbonyl (C=O) groups excluding carboxylic acids is 5. The van der Waals surface area contributed by atoms with Crippen LogP contribution in [0, 0.1) is 23.7 Å². The summed E-state index contributed by atoms with van der Waals surface area (Å²) in [6, 6.07) is 5.33. The molecule has 0 aromatic heterocycles. The van der Waals surface area contributed by atoms with Gasteiger partial charge in [0.25, 0.3) is 11.8 Å². The number of esters is 1. The Morgan fingerprint density at radius 1 is 1.03 bits per heavy atom. The third-order valence-electron chi connectivity index (χ3n) is 6.52. The van der Waals surface area contributed by atoms with Gasteiger partial charge >= 0.3 is 5.97 Å². The van der Waals surface area contributed by atoms with Gasteiger partial charge in [-0.3, -0.25) is 34.9 Å². The van der Waals surface area contributed by atoms with Crippen LogP contribution in [0.5, 0.6) is 0 Å². The molecule has 3 fully saturated rings. The highest BCUT2D eigenvalue weighted by molar-refractivity contribution is 9.12. The van der Waals surface area contributed by atoms with Gasteiger partial charge in [-0.15, -0.1) is 0 Å². The van der Waals surface area contributed by atoms with Crippen molar-refractivity contribution in [2.45, 2.75) is 29.0 Å². The summed E-state index contributed by atoms with van der Waals surface area (Å²) in [5.41, 5.74) is 4.70. The van der Waals surface area contributed by atoms with Gasteiger partial charge in [-0.1, -0.05) is 47.8 Å². The van der Waals surface area contributed by atoms with Crippen LogP contribution >= 0.6 is 47.8 Å². The summed E-state index contributed by atoms with van der Waals surface area (Å²) >= 11 is 10.5. The Balaban J connectivity index is 1.29. The molecule has 0 unspecified atom stereocenters. The fourth-order valence-electron chi connectivity index (χ4n) is 4.95. The third-order valence-corrected chi connectivity index (χ3v) is 10.3. The third kappa shape index (κ3) is 4.37. The van der Waals surface area contributed by atoms with Crippen LogP contribution in [0.4, 0.5) is 0 Å². The number of rotatable bonds is 5. The van der Waals surface area contributed by atoms with Crippen molar-refractivity contribution in [3.63, 3.8) is 0 Å². The molecule has 3 aliphatic rings. The maximum Gasteiger partial charge on any atom is 0.329 e. The second-order valence-corrected chi connectivity index (χ2v) is 11.4. The number of hydrazine groups is 1. The normalized spacial score (nSPS) is 30.7. The van der Waals surface area contributed by atoms with Gasteiger partial charge in [0.15, 0.2) is 6.61 Å². The molecule has 2 bridgehead atoms. The number of hydrogen-bond donors (Lipinski definition) is 2. The molecule has 4 rings (SSSR count). The molecule has 4 amide bonds. The molecule has 1 saturated heterocycles. The lowest BCUT2D eigenvalue weighted by Crippen LogP contribution is -2.47. The van der Waals surface area contributed by atoms with Crippen LogP contribution in [0.2, 0.25) is 0 Å². The summed E-state index contributed by atoms with van der Waals surface area (Å²) in [7, 11) is 0. The van der Waals surface area contributed by atoms with Crippen LogP contribution in [-0.4, -0.2) is 56.8 Å². The molecule has 7 atom stereocenters. The first kappa shape index (κ1) is 24.3. The summed E-state index contributed by atoms with van der Waals surface area (Å²) in [6.07, 6.45) is 0.789. The number of alkyl halides is 2. The van der Waals surface area contributed by atoms with Crippen LogP contribution in [0.25, 0.3) is 0 Å². The number of carbonyl (C=O) groups is 5. The van der Waals surface area contributed by atoms with E-state index in [2.05, 4.69) is 58.6 Å². The first-order chi connectivity index (χ1) is 15.6. The van der Waals surface area contributed by atoms with Gasteiger partial charge < -0.3 is 4.74 Å². The molecule has 1 aromatic rings. The molecule has 1 aromatic carbocycles. The largest absolute Gasteiger partial charge is 0.454 e. The Kier molecular flexibility index (Phi) is 6.97. The highest BCUT2D eigenvalue weighted by Crippen LogP contribution is 2.60. The van der Waals surface area contributed by atoms with Gasteiger partial charge in [0, 0.05) is 19.7 Å². The molecule has 0 spiro atoms. The van der Waals surface area contributed by atoms with Crippen molar-refractivity contribution in [1.82, 2.24) is 15.8 Å². The van der Waals surface area contributed by atoms with Crippen molar-refractivity contribution >= 4 is 77.4 Å². The maximum atomic E-state index is 13.0. The number of likely N-dealkylation sites (tertiary alicyclic amines) is 1. The highest BCUT2D eigenvalue weighted by Gasteiger charge is 2.67. The Labute approximate surface area is 214 Å². The van der Waals surface area contributed by atoms with E-state index >= 15 is 0 Å². The molecule has 2 aliphatic carbocycles. The zero-order chi connectivity index (χ0) is 24.0. The predicted octanol–water partition coefficient (Wildman–Crippen LogP) is 1.92. The standard InChI is InChI=1S/C21H20Br3N3O6/c1-8(27-19(30)14-11-6-12(15(14)20(27)31)17(24)16(11)23)21(32)33-7-13(28)25-26-18(29)9-2-4-10(22)5-3-9/h2-5,8,11-12,14-17H,6-7H2,1H3,(H,25,28)(H,26,29)/t8-,11-,12-,14-,15+,16+,17+/m1/s1. The van der Waals surface area contributed by atoms with E-state index in [1.54, 1.807) is 24.3 Å². The number of benzene rings is 1. The van der Waals surface area contributed by atoms with Gasteiger partial charge in [-0.05, 0) is 49.4 Å². The van der Waals surface area contributed by atoms with E-state index in [4.69, 9.17) is 4.74 Å². The van der Waals surface area contributed by atoms with E-state index in [0.717, 1.165) is 15.8 Å². The zero-order valence-electron chi connectivity index (χ0n) is 17.3. The Hall–Kier alpha value is -1.79. The van der Waals surface area contributed by atoms with Crippen LogP contribution in [-0.2, 0) is 23.9 Å². The van der Waals surface area contributed by atoms with Crippen LogP contribution in [0.1, 0.15) is 23.7 Å². The van der Waals surface area contributed by atoms with Gasteiger partial charge in [0.1, 0.15) is 6.04 Å². The smallest absolute Gasteiger partial charge is 0.329 e. The summed E-state index contributed by atoms with van der Waals surface area (Å²) in [5.74, 6) is -3.71. The van der Waals surface area contributed by atoms with Crippen LogP contribution in [0.3, 0.4) is 0 Å². The van der Waals surface area contributed by atoms with Crippen molar-refractivity contribution in [2.24, 2.45) is 23.7 Å². The molecule has 0 radical (unpaired) electrons. The van der Waals surface area contributed by atoms with Crippen molar-refractivity contribution in [2.75, 3.05) is 6.61 Å². The fraction of sp³-hybridized carbons (Fsp3) is 0.476. The average Bonchev–Trinajstić information content (AvgIpc) is 3.40. The fourth-order valence-corrected chi connectivity index (χ4v) is 7.09. The van der Waals surface area contributed by atoms with E-state index in [9.17, 15) is 24.0 Å². The number of imide groups is 1. The van der Waals surface area contributed by atoms with Gasteiger partial charge in [0.05, 0.1) is 11.8 Å². The van der Waals surface area contributed by atoms with Gasteiger partial charge in [-0.2, -0.15) is 0 Å². The molecule has 12 heteroatoms. The molecular formula is C21H20Br3N3O6. The second kappa shape index (κ2) is 9.46. The van der Waals surface area contributed by atoms with Crippen LogP contribution < -0.4 is 10.9 Å². The van der Waals surface area contributed by atoms with E-state index < -0.39 is 42.3 Å². The predicted molar refractivity (Wildman–Crippen MR) is 126 cm³/mol. The van der Waals surface area contributed by atoms with Crippen LogP contribution in [0.15, 0.2) is 28.7 Å². The number of nitrogens with zero attached hydrogens (tertiary/aromatic N) is 1. The number of amides is 4. The monoisotopic (exact) mass is 647 g/mol. The summed E-state index contributed by atoms with van der Waals surface area (Å²) in [6.45, 7) is 0.733. The number of ether oxygens (including phenoxy) is 1. The molecule has 2 N–H and O–H groups in total. The Bertz CT molecular complexity index is 987. The second-order valence-electron chi connectivity index (χ2n) is 8.34. The quantitative estimate of drug-likeness (QED) is 0.218. The van der Waals surface area contributed by atoms with E-state index in [1.807, 2.05) is 0 Å². The Morgan fingerprint density at radius 3 is 2.12 bits per heavy atom. The van der Waals surface area contributed by atoms with Crippen molar-refractivity contribution < 1.29 is 28.7 Å². The summed E-state index contributed by atoms with van der Waals surface area (Å²) in [5, 5.41) is 0. The summed E-state index contributed by atoms with van der Waals surface area (Å²) < 4.78 is 5.79. The lowest BCUT2D eigenvalue weighted by Gasteiger charge is -2.28. The van der Waals surface area contributed by atoms with E-state index in [0.29, 0.717) is 5.56 Å². The molecule has 33 heavy (non-hydrogen) atoms. The molecule has 1 aliphatic heterocycles. The van der Waals surface area contributed by atoms with Gasteiger partial charge in [-0.25, -0.2) is 4.79 Å². The maximum absolute atomic E-state index is 13.0. The lowest BCUT2D eigenvalue weighted by atomic mass is 9.81. The number of fused-ring (bicyclic) bond motifs is 5. The first-order valence-electron chi connectivity index (χ1n) is 10.3. The number of halogens is 3. The zero-order valence-corrected chi connectivity index (χ0v) is 22.1. The number of hydrogen-bond acceptors (Lipinski definition) is 6. The van der Waals surface area contributed by atoms with Crippen molar-refractivity contribution in [3.05, 3.63) is 34.3 Å². The topological polar surface area (TPSA) is 122 Å². The summed E-state index contributed by atoms with van der Waals surface area (Å²) in [4.78, 5) is 63.6. The molecule has 1 heterocycles. The lowest BCUT2D eigenvalue weighted by molar-refractivity contribution is -0.160. The first-order valence-corrected chi connectivity index (χ1v) is 12.9. The van der Waals surface area contributed by atoms with Crippen molar-refractivity contribution in [3.8, 4) is 0 Å². The number of nitrogens with one attached hydrogen (secondary N) is 2. The molecule has 2 saturated carbocycles. The molecule has 9 nitrogen and oxygen atoms in total. The highest BCUT2D eigenvalue weighted by atomic mass is 79.9. The minimum absolute atomic E-state index is 0.0363. The minimum atomic E-state index is -1.15. The Morgan fingerprint density at radius 2 is 1.58 bits per heavy atom. The van der Waals surface area contributed by atoms with Gasteiger partial charge in [0.2, 0.25) is 11.8 Å².